The minimum absolute atomic E-state index is 0.529. The van der Waals surface area contributed by atoms with Gasteiger partial charge in [-0.1, -0.05) is 12.2 Å². The van der Waals surface area contributed by atoms with E-state index in [9.17, 15) is 0 Å². The predicted molar refractivity (Wildman–Crippen MR) is 82.1 cm³/mol. The Morgan fingerprint density at radius 1 is 1.47 bits per heavy atom. The molecular weight excluding hydrogens is 236 g/mol. The van der Waals surface area contributed by atoms with Gasteiger partial charge in [0, 0.05) is 18.1 Å². The van der Waals surface area contributed by atoms with Crippen LogP contribution in [0, 0.1) is 11.3 Å². The summed E-state index contributed by atoms with van der Waals surface area (Å²) in [6, 6.07) is 2.10. The zero-order valence-corrected chi connectivity index (χ0v) is 11.5. The second-order valence-electron chi connectivity index (χ2n) is 3.73. The molecule has 0 aliphatic rings. The first-order chi connectivity index (χ1) is 9.17. The fourth-order valence-corrected chi connectivity index (χ4v) is 1.21. The van der Waals surface area contributed by atoms with E-state index in [1.165, 1.54) is 0 Å². The number of rotatable bonds is 7. The van der Waals surface area contributed by atoms with Crippen LogP contribution in [0.15, 0.2) is 57.3 Å². The maximum atomic E-state index is 8.95. The van der Waals surface area contributed by atoms with Crippen molar-refractivity contribution in [3.05, 3.63) is 47.3 Å². The summed E-state index contributed by atoms with van der Waals surface area (Å²) in [5.41, 5.74) is 7.68. The van der Waals surface area contributed by atoms with Gasteiger partial charge in [-0.2, -0.15) is 5.26 Å². The number of hydrogen-bond donors (Lipinski definition) is 1. The summed E-state index contributed by atoms with van der Waals surface area (Å²) in [4.78, 5) is 7.97. The highest BCUT2D eigenvalue weighted by Gasteiger charge is 1.93. The average molecular weight is 256 g/mol. The Balaban J connectivity index is 4.92. The third kappa shape index (κ3) is 8.47. The molecule has 0 rings (SSSR count). The Bertz CT molecular complexity index is 471. The van der Waals surface area contributed by atoms with Crippen molar-refractivity contribution in [2.24, 2.45) is 15.7 Å². The van der Waals surface area contributed by atoms with E-state index in [1.807, 2.05) is 26.0 Å². The smallest absolute Gasteiger partial charge is 0.0992 e. The third-order valence-corrected chi connectivity index (χ3v) is 2.09. The molecule has 0 bridgehead atoms. The van der Waals surface area contributed by atoms with Gasteiger partial charge in [0.1, 0.15) is 0 Å². The highest BCUT2D eigenvalue weighted by atomic mass is 14.7. The first-order valence-corrected chi connectivity index (χ1v) is 5.98. The molecule has 0 aromatic heterocycles. The summed E-state index contributed by atoms with van der Waals surface area (Å²) in [5, 5.41) is 8.95. The van der Waals surface area contributed by atoms with Crippen molar-refractivity contribution in [3.8, 4) is 6.07 Å². The Morgan fingerprint density at radius 3 is 2.74 bits per heavy atom. The zero-order chi connectivity index (χ0) is 14.5. The van der Waals surface area contributed by atoms with Gasteiger partial charge in [0.25, 0.3) is 0 Å². The van der Waals surface area contributed by atoms with E-state index in [2.05, 4.69) is 22.8 Å². The van der Waals surface area contributed by atoms with Crippen LogP contribution in [-0.2, 0) is 0 Å². The van der Waals surface area contributed by atoms with Crippen LogP contribution in [0.4, 0.5) is 0 Å². The largest absolute Gasteiger partial charge is 0.330 e. The summed E-state index contributed by atoms with van der Waals surface area (Å²) in [6.07, 6.45) is 11.1. The van der Waals surface area contributed by atoms with E-state index in [4.69, 9.17) is 11.0 Å². The molecule has 0 aliphatic heterocycles. The molecule has 4 heteroatoms. The van der Waals surface area contributed by atoms with E-state index in [0.29, 0.717) is 18.5 Å². The Morgan fingerprint density at radius 2 is 2.21 bits per heavy atom. The molecule has 0 heterocycles. The van der Waals surface area contributed by atoms with Gasteiger partial charge in [0.2, 0.25) is 0 Å². The lowest BCUT2D eigenvalue weighted by atomic mass is 10.2. The third-order valence-electron chi connectivity index (χ3n) is 2.09. The Labute approximate surface area is 115 Å². The molecule has 100 valence electrons. The van der Waals surface area contributed by atoms with Gasteiger partial charge < -0.3 is 5.73 Å². The summed E-state index contributed by atoms with van der Waals surface area (Å²) in [6.45, 7) is 7.66. The van der Waals surface area contributed by atoms with Gasteiger partial charge >= 0.3 is 0 Å². The van der Waals surface area contributed by atoms with Gasteiger partial charge in [-0.05, 0) is 51.3 Å². The number of allylic oxidation sites excluding steroid dienone is 6. The molecule has 0 radical (unpaired) electrons. The molecule has 0 aliphatic carbocycles. The first kappa shape index (κ1) is 16.8. The summed E-state index contributed by atoms with van der Waals surface area (Å²) in [7, 11) is 0. The number of nitriles is 1. The highest BCUT2D eigenvalue weighted by molar-refractivity contribution is 5.79. The van der Waals surface area contributed by atoms with Gasteiger partial charge in [0.05, 0.1) is 11.6 Å². The van der Waals surface area contributed by atoms with E-state index >= 15 is 0 Å². The van der Waals surface area contributed by atoms with E-state index in [0.717, 1.165) is 11.3 Å². The maximum Gasteiger partial charge on any atom is 0.0992 e. The molecule has 0 unspecified atom stereocenters. The van der Waals surface area contributed by atoms with Crippen molar-refractivity contribution in [2.45, 2.75) is 20.3 Å². The molecule has 0 fully saturated rings. The number of nitrogens with two attached hydrogens (primary N) is 1. The average Bonchev–Trinajstić information content (AvgIpc) is 2.41. The molecule has 0 spiro atoms. The molecule has 0 aromatic carbocycles. The van der Waals surface area contributed by atoms with Crippen molar-refractivity contribution in [3.63, 3.8) is 0 Å². The van der Waals surface area contributed by atoms with Crippen LogP contribution in [0.2, 0.25) is 0 Å². The van der Waals surface area contributed by atoms with Gasteiger partial charge in [-0.3, -0.25) is 9.98 Å². The van der Waals surface area contributed by atoms with Crippen molar-refractivity contribution in [1.29, 1.82) is 5.26 Å². The van der Waals surface area contributed by atoms with Crippen LogP contribution in [0.3, 0.4) is 0 Å². The molecule has 0 amide bonds. The molecule has 4 nitrogen and oxygen atoms in total. The molecule has 0 atom stereocenters. The lowest BCUT2D eigenvalue weighted by Gasteiger charge is -1.97. The van der Waals surface area contributed by atoms with Crippen LogP contribution in [0.25, 0.3) is 0 Å². The van der Waals surface area contributed by atoms with Crippen molar-refractivity contribution >= 4 is 12.9 Å². The first-order valence-electron chi connectivity index (χ1n) is 5.98. The monoisotopic (exact) mass is 256 g/mol. The minimum atomic E-state index is 0.529. The lowest BCUT2D eigenvalue weighted by Crippen LogP contribution is -2.01. The quantitative estimate of drug-likeness (QED) is 0.432. The van der Waals surface area contributed by atoms with Gasteiger partial charge in [-0.15, -0.1) is 0 Å². The molecule has 0 saturated heterocycles. The van der Waals surface area contributed by atoms with Crippen LogP contribution in [-0.4, -0.2) is 19.5 Å². The SMILES string of the molecule is C=N\C=C(/C=N/C(C)=C\C(C#N)=C/C=C/C)CCN. The second-order valence-corrected chi connectivity index (χ2v) is 3.73. The molecule has 2 N–H and O–H groups in total. The normalized spacial score (nSPS) is 14.1. The fourth-order valence-electron chi connectivity index (χ4n) is 1.21. The second kappa shape index (κ2) is 10.9. The van der Waals surface area contributed by atoms with E-state index < -0.39 is 0 Å². The standard InChI is InChI=1S/C15H20N4/c1-4-5-6-14(10-17)9-13(2)19-12-15(7-8-16)11-18-3/h4-6,9,11-12H,3,7-8,16H2,1-2H3/b5-4+,13-9-,14-6+,15-11-,19-12+. The lowest BCUT2D eigenvalue weighted by molar-refractivity contribution is 0.983. The van der Waals surface area contributed by atoms with Crippen LogP contribution in [0.5, 0.6) is 0 Å². The molecule has 19 heavy (non-hydrogen) atoms. The number of nitrogens with zero attached hydrogens (tertiary/aromatic N) is 3. The predicted octanol–water partition coefficient (Wildman–Crippen LogP) is 2.92. The maximum absolute atomic E-state index is 8.95. The zero-order valence-electron chi connectivity index (χ0n) is 11.5. The van der Waals surface area contributed by atoms with Gasteiger partial charge in [0.15, 0.2) is 0 Å². The van der Waals surface area contributed by atoms with Crippen LogP contribution < -0.4 is 5.73 Å². The van der Waals surface area contributed by atoms with Crippen molar-refractivity contribution in [1.82, 2.24) is 0 Å². The number of aliphatic imine (C=N–C) groups is 2. The van der Waals surface area contributed by atoms with Crippen LogP contribution >= 0.6 is 0 Å². The highest BCUT2D eigenvalue weighted by Crippen LogP contribution is 2.05. The summed E-state index contributed by atoms with van der Waals surface area (Å²) < 4.78 is 0. The van der Waals surface area contributed by atoms with E-state index in [-0.39, 0.29) is 0 Å². The fraction of sp³-hybridized carbons (Fsp3) is 0.267. The van der Waals surface area contributed by atoms with E-state index in [1.54, 1.807) is 24.6 Å². The molecule has 0 aromatic rings. The molecular formula is C15H20N4. The van der Waals surface area contributed by atoms with Crippen molar-refractivity contribution in [2.75, 3.05) is 6.54 Å². The molecule has 0 saturated carbocycles. The number of hydrogen-bond acceptors (Lipinski definition) is 4. The minimum Gasteiger partial charge on any atom is -0.330 e. The van der Waals surface area contributed by atoms with Crippen LogP contribution in [0.1, 0.15) is 20.3 Å². The Kier molecular flexibility index (Phi) is 9.59. The van der Waals surface area contributed by atoms with Gasteiger partial charge in [-0.25, -0.2) is 0 Å². The summed E-state index contributed by atoms with van der Waals surface area (Å²) in [5.74, 6) is 0. The van der Waals surface area contributed by atoms with Crippen molar-refractivity contribution < 1.29 is 0 Å². The Hall–Kier alpha value is -2.25. The topological polar surface area (TPSA) is 74.5 Å². The summed E-state index contributed by atoms with van der Waals surface area (Å²) >= 11 is 0.